The van der Waals surface area contributed by atoms with Crippen LogP contribution in [0, 0.1) is 11.3 Å². The van der Waals surface area contributed by atoms with E-state index in [9.17, 15) is 0 Å². The number of anilines is 1. The summed E-state index contributed by atoms with van der Waals surface area (Å²) < 4.78 is 4.36. The number of fused-ring (bicyclic) bond motifs is 5. The highest BCUT2D eigenvalue weighted by Gasteiger charge is 2.25. The minimum atomic E-state index is 0. The fraction of sp³-hybridized carbons (Fsp3) is 0.296. The molecule has 35 heavy (non-hydrogen) atoms. The third kappa shape index (κ3) is 4.11. The van der Waals surface area contributed by atoms with Crippen molar-refractivity contribution in [2.24, 2.45) is 0 Å². The van der Waals surface area contributed by atoms with E-state index in [0.29, 0.717) is 11.6 Å². The van der Waals surface area contributed by atoms with Gasteiger partial charge in [0.2, 0.25) is 0 Å². The zero-order valence-electron chi connectivity index (χ0n) is 20.0. The molecule has 4 aromatic rings. The van der Waals surface area contributed by atoms with E-state index in [1.165, 1.54) is 24.1 Å². The molecule has 2 aliphatic heterocycles. The molecule has 0 radical (unpaired) electrons. The van der Waals surface area contributed by atoms with Crippen molar-refractivity contribution >= 4 is 19.2 Å². The van der Waals surface area contributed by atoms with Crippen molar-refractivity contribution in [3.63, 3.8) is 0 Å². The van der Waals surface area contributed by atoms with Crippen molar-refractivity contribution in [3.8, 4) is 34.4 Å². The van der Waals surface area contributed by atoms with Gasteiger partial charge in [0, 0.05) is 43.1 Å². The molecule has 0 unspecified atom stereocenters. The lowest BCUT2D eigenvalue weighted by molar-refractivity contribution is 0.258. The number of piperidine rings is 1. The number of hydrogen-bond acceptors (Lipinski definition) is 5. The zero-order valence-corrected chi connectivity index (χ0v) is 21.0. The SMILES string of the molecule is CN(C)[C@H]1CCCN(c2ccc3c(c2)Cn2cc(-c4ccc(C#N)cc4)cc2-c2nncn2-3)C1.S. The Morgan fingerprint density at radius 3 is 2.66 bits per heavy atom. The Kier molecular flexibility index (Phi) is 6.13. The van der Waals surface area contributed by atoms with Crippen LogP contribution in [0.4, 0.5) is 5.69 Å². The van der Waals surface area contributed by atoms with Gasteiger partial charge in [0.05, 0.1) is 23.0 Å². The van der Waals surface area contributed by atoms with E-state index in [2.05, 4.69) is 79.8 Å². The first-order chi connectivity index (χ1) is 16.6. The smallest absolute Gasteiger partial charge is 0.185 e. The van der Waals surface area contributed by atoms with Gasteiger partial charge in [0.15, 0.2) is 5.82 Å². The molecular formula is C27H29N7S. The normalized spacial score (nSPS) is 16.5. The molecule has 8 heteroatoms. The van der Waals surface area contributed by atoms with Crippen LogP contribution in [-0.2, 0) is 6.54 Å². The van der Waals surface area contributed by atoms with Gasteiger partial charge in [-0.05, 0) is 74.5 Å². The lowest BCUT2D eigenvalue weighted by Crippen LogP contribution is -2.45. The topological polar surface area (TPSA) is 65.9 Å². The molecule has 0 spiro atoms. The van der Waals surface area contributed by atoms with E-state index in [0.717, 1.165) is 48.0 Å². The van der Waals surface area contributed by atoms with Gasteiger partial charge in [-0.1, -0.05) is 12.1 Å². The van der Waals surface area contributed by atoms with Gasteiger partial charge in [-0.15, -0.1) is 10.2 Å². The van der Waals surface area contributed by atoms with E-state index in [-0.39, 0.29) is 13.5 Å². The van der Waals surface area contributed by atoms with Crippen LogP contribution in [0.15, 0.2) is 61.1 Å². The Balaban J connectivity index is 0.00000253. The van der Waals surface area contributed by atoms with Crippen molar-refractivity contribution in [1.82, 2.24) is 24.2 Å². The van der Waals surface area contributed by atoms with Crippen LogP contribution in [0.25, 0.3) is 28.3 Å². The maximum Gasteiger partial charge on any atom is 0.185 e. The first-order valence-corrected chi connectivity index (χ1v) is 11.8. The van der Waals surface area contributed by atoms with E-state index in [1.807, 2.05) is 24.3 Å². The third-order valence-corrected chi connectivity index (χ3v) is 7.18. The second-order valence-corrected chi connectivity index (χ2v) is 9.47. The maximum absolute atomic E-state index is 9.12. The minimum absolute atomic E-state index is 0. The summed E-state index contributed by atoms with van der Waals surface area (Å²) in [4.78, 5) is 4.86. The standard InChI is InChI=1S/C27H27N7.H2S/c1-31(2)24-4-3-11-32(17-24)23-9-10-25-22(12-23)16-33-15-21(20-7-5-19(14-28)6-8-20)13-26(33)27-30-29-18-34(25)27;/h5-10,12-13,15,18,24H,3-4,11,16-17H2,1-2H3;1H2/t24-;/m0./s1. The number of benzene rings is 2. The zero-order chi connectivity index (χ0) is 23.2. The summed E-state index contributed by atoms with van der Waals surface area (Å²) >= 11 is 0. The maximum atomic E-state index is 9.12. The molecule has 0 aliphatic carbocycles. The molecular weight excluding hydrogens is 454 g/mol. The molecule has 1 atom stereocenters. The highest BCUT2D eigenvalue weighted by atomic mass is 32.1. The van der Waals surface area contributed by atoms with Crippen LogP contribution in [0.5, 0.6) is 0 Å². The van der Waals surface area contributed by atoms with E-state index in [4.69, 9.17) is 5.26 Å². The first-order valence-electron chi connectivity index (χ1n) is 11.8. The second kappa shape index (κ2) is 9.25. The van der Waals surface area contributed by atoms with Gasteiger partial charge in [0.1, 0.15) is 6.33 Å². The summed E-state index contributed by atoms with van der Waals surface area (Å²) in [7, 11) is 4.36. The van der Waals surface area contributed by atoms with E-state index >= 15 is 0 Å². The van der Waals surface area contributed by atoms with Crippen LogP contribution < -0.4 is 4.90 Å². The van der Waals surface area contributed by atoms with Crippen LogP contribution in [0.3, 0.4) is 0 Å². The molecule has 2 aliphatic rings. The van der Waals surface area contributed by atoms with Gasteiger partial charge in [-0.2, -0.15) is 18.8 Å². The molecule has 7 nitrogen and oxygen atoms in total. The van der Waals surface area contributed by atoms with Gasteiger partial charge < -0.3 is 14.4 Å². The van der Waals surface area contributed by atoms with E-state index < -0.39 is 0 Å². The highest BCUT2D eigenvalue weighted by molar-refractivity contribution is 7.59. The van der Waals surface area contributed by atoms with Gasteiger partial charge in [-0.3, -0.25) is 4.57 Å². The molecule has 178 valence electrons. The van der Waals surface area contributed by atoms with Crippen LogP contribution >= 0.6 is 13.5 Å². The lowest BCUT2D eigenvalue weighted by Gasteiger charge is -2.37. The Hall–Kier alpha value is -3.54. The molecule has 2 aromatic heterocycles. The minimum Gasteiger partial charge on any atom is -0.370 e. The largest absolute Gasteiger partial charge is 0.370 e. The molecule has 1 fully saturated rings. The number of nitriles is 1. The van der Waals surface area contributed by atoms with Crippen LogP contribution in [0.1, 0.15) is 24.0 Å². The summed E-state index contributed by atoms with van der Waals surface area (Å²) in [5, 5.41) is 17.8. The summed E-state index contributed by atoms with van der Waals surface area (Å²) in [6, 6.07) is 19.5. The highest BCUT2D eigenvalue weighted by Crippen LogP contribution is 2.35. The molecule has 4 heterocycles. The van der Waals surface area contributed by atoms with Gasteiger partial charge >= 0.3 is 0 Å². The Labute approximate surface area is 212 Å². The predicted octanol–water partition coefficient (Wildman–Crippen LogP) is 4.28. The number of hydrogen-bond donors (Lipinski definition) is 0. The Morgan fingerprint density at radius 1 is 1.06 bits per heavy atom. The molecule has 0 saturated carbocycles. The van der Waals surface area contributed by atoms with Gasteiger partial charge in [-0.25, -0.2) is 0 Å². The first kappa shape index (κ1) is 23.2. The molecule has 0 bridgehead atoms. The number of nitrogens with zero attached hydrogens (tertiary/aromatic N) is 7. The fourth-order valence-electron chi connectivity index (χ4n) is 5.23. The molecule has 6 rings (SSSR count). The summed E-state index contributed by atoms with van der Waals surface area (Å²) in [6.45, 7) is 2.92. The third-order valence-electron chi connectivity index (χ3n) is 7.18. The second-order valence-electron chi connectivity index (χ2n) is 9.47. The van der Waals surface area contributed by atoms with Gasteiger partial charge in [0.25, 0.3) is 0 Å². The van der Waals surface area contributed by atoms with Crippen molar-refractivity contribution in [3.05, 3.63) is 72.2 Å². The summed E-state index contributed by atoms with van der Waals surface area (Å²) in [6.07, 6.45) is 6.45. The number of likely N-dealkylation sites (N-methyl/N-ethyl adjacent to an activating group) is 1. The summed E-state index contributed by atoms with van der Waals surface area (Å²) in [5.41, 5.74) is 7.57. The Morgan fingerprint density at radius 2 is 1.89 bits per heavy atom. The fourth-order valence-corrected chi connectivity index (χ4v) is 5.23. The molecule has 0 N–H and O–H groups in total. The monoisotopic (exact) mass is 483 g/mol. The Bertz CT molecular complexity index is 1390. The summed E-state index contributed by atoms with van der Waals surface area (Å²) in [5.74, 6) is 0.844. The molecule has 2 aromatic carbocycles. The van der Waals surface area contributed by atoms with Crippen molar-refractivity contribution in [2.75, 3.05) is 32.1 Å². The average molecular weight is 484 g/mol. The number of aromatic nitrogens is 4. The predicted molar refractivity (Wildman–Crippen MR) is 143 cm³/mol. The average Bonchev–Trinajstić information content (AvgIpc) is 3.49. The van der Waals surface area contributed by atoms with Crippen molar-refractivity contribution in [2.45, 2.75) is 25.4 Å². The molecule has 1 saturated heterocycles. The van der Waals surface area contributed by atoms with Crippen molar-refractivity contribution in [1.29, 1.82) is 5.26 Å². The number of rotatable bonds is 3. The van der Waals surface area contributed by atoms with Crippen LogP contribution in [-0.4, -0.2) is 57.5 Å². The molecule has 0 amide bonds. The quantitative estimate of drug-likeness (QED) is 0.383. The lowest BCUT2D eigenvalue weighted by atomic mass is 10.0. The van der Waals surface area contributed by atoms with Crippen molar-refractivity contribution < 1.29 is 0 Å². The van der Waals surface area contributed by atoms with Crippen LogP contribution in [0.2, 0.25) is 0 Å². The van der Waals surface area contributed by atoms with E-state index in [1.54, 1.807) is 6.33 Å².